The summed E-state index contributed by atoms with van der Waals surface area (Å²) in [6, 6.07) is 14.3. The SMILES string of the molecule is COc1ccc(C2C3=C(CN(C(C)=O)C3=O)Nc3cccc4c3c2cn4C(C)C)cc1. The van der Waals surface area contributed by atoms with Gasteiger partial charge >= 0.3 is 0 Å². The third kappa shape index (κ3) is 2.86. The van der Waals surface area contributed by atoms with E-state index in [4.69, 9.17) is 4.74 Å². The van der Waals surface area contributed by atoms with Crippen molar-refractivity contribution in [1.29, 1.82) is 0 Å². The fourth-order valence-corrected chi connectivity index (χ4v) is 4.80. The number of nitrogens with zero attached hydrogens (tertiary/aromatic N) is 2. The third-order valence-corrected chi connectivity index (χ3v) is 6.28. The molecule has 1 atom stereocenters. The van der Waals surface area contributed by atoms with Crippen LogP contribution in [0.5, 0.6) is 5.75 Å². The van der Waals surface area contributed by atoms with Gasteiger partial charge in [0.1, 0.15) is 5.75 Å². The van der Waals surface area contributed by atoms with E-state index in [-0.39, 0.29) is 30.3 Å². The van der Waals surface area contributed by atoms with E-state index in [9.17, 15) is 9.59 Å². The predicted molar refractivity (Wildman–Crippen MR) is 120 cm³/mol. The van der Waals surface area contributed by atoms with Gasteiger partial charge in [-0.05, 0) is 49.2 Å². The Morgan fingerprint density at radius 2 is 1.90 bits per heavy atom. The van der Waals surface area contributed by atoms with Gasteiger partial charge in [-0.1, -0.05) is 18.2 Å². The summed E-state index contributed by atoms with van der Waals surface area (Å²) in [5.74, 6) is 0.00937. The highest BCUT2D eigenvalue weighted by molar-refractivity contribution is 6.11. The minimum Gasteiger partial charge on any atom is -0.497 e. The van der Waals surface area contributed by atoms with Crippen molar-refractivity contribution in [1.82, 2.24) is 9.47 Å². The molecule has 0 radical (unpaired) electrons. The number of nitrogens with one attached hydrogen (secondary N) is 1. The molecule has 3 heterocycles. The average molecular weight is 415 g/mol. The predicted octanol–water partition coefficient (Wildman–Crippen LogP) is 4.43. The van der Waals surface area contributed by atoms with Crippen molar-refractivity contribution in [3.8, 4) is 5.75 Å². The molecule has 2 aliphatic rings. The first-order valence-corrected chi connectivity index (χ1v) is 10.5. The summed E-state index contributed by atoms with van der Waals surface area (Å²) in [5, 5.41) is 4.62. The van der Waals surface area contributed by atoms with Gasteiger partial charge in [-0.15, -0.1) is 0 Å². The molecular formula is C25H25N3O3. The molecule has 158 valence electrons. The van der Waals surface area contributed by atoms with E-state index < -0.39 is 0 Å². The lowest BCUT2D eigenvalue weighted by Gasteiger charge is -2.19. The standard InChI is InChI=1S/C25H25N3O3/c1-14(2)27-12-18-22(16-8-10-17(31-4)11-9-16)24-20(13-28(15(3)29)25(24)30)26-19-6-5-7-21(27)23(18)19/h5-12,14,22,26H,13H2,1-4H3. The van der Waals surface area contributed by atoms with Crippen LogP contribution in [0.25, 0.3) is 10.9 Å². The number of aromatic nitrogens is 1. The summed E-state index contributed by atoms with van der Waals surface area (Å²) in [6.45, 7) is 6.01. The van der Waals surface area contributed by atoms with Gasteiger partial charge in [0.25, 0.3) is 5.91 Å². The monoisotopic (exact) mass is 415 g/mol. The van der Waals surface area contributed by atoms with Gasteiger partial charge < -0.3 is 14.6 Å². The van der Waals surface area contributed by atoms with Crippen molar-refractivity contribution in [3.05, 3.63) is 71.1 Å². The molecule has 0 saturated carbocycles. The highest BCUT2D eigenvalue weighted by Crippen LogP contribution is 2.47. The lowest BCUT2D eigenvalue weighted by atomic mass is 9.84. The van der Waals surface area contributed by atoms with Crippen LogP contribution in [-0.2, 0) is 9.59 Å². The van der Waals surface area contributed by atoms with Gasteiger partial charge in [-0.25, -0.2) is 0 Å². The van der Waals surface area contributed by atoms with Crippen LogP contribution in [0.3, 0.4) is 0 Å². The molecule has 6 nitrogen and oxygen atoms in total. The normalized spacial score (nSPS) is 17.8. The number of benzene rings is 2. The molecule has 2 aliphatic heterocycles. The molecular weight excluding hydrogens is 390 g/mol. The average Bonchev–Trinajstić information content (AvgIpc) is 3.25. The van der Waals surface area contributed by atoms with Crippen molar-refractivity contribution in [2.24, 2.45) is 0 Å². The summed E-state index contributed by atoms with van der Waals surface area (Å²) in [6.07, 6.45) is 2.16. The van der Waals surface area contributed by atoms with Crippen LogP contribution in [0.1, 0.15) is 43.9 Å². The van der Waals surface area contributed by atoms with Crippen molar-refractivity contribution in [3.63, 3.8) is 0 Å². The topological polar surface area (TPSA) is 63.6 Å². The van der Waals surface area contributed by atoms with Gasteiger partial charge in [0.2, 0.25) is 5.91 Å². The summed E-state index contributed by atoms with van der Waals surface area (Å²) in [5.41, 5.74) is 5.59. The number of amides is 2. The second-order valence-corrected chi connectivity index (χ2v) is 8.42. The Morgan fingerprint density at radius 1 is 1.16 bits per heavy atom. The summed E-state index contributed by atoms with van der Waals surface area (Å²) >= 11 is 0. The molecule has 31 heavy (non-hydrogen) atoms. The zero-order valence-corrected chi connectivity index (χ0v) is 18.1. The lowest BCUT2D eigenvalue weighted by molar-refractivity contribution is -0.139. The number of anilines is 1. The van der Waals surface area contributed by atoms with Crippen LogP contribution in [0.4, 0.5) is 5.69 Å². The van der Waals surface area contributed by atoms with E-state index in [0.717, 1.165) is 39.2 Å². The highest BCUT2D eigenvalue weighted by Gasteiger charge is 2.41. The number of rotatable bonds is 3. The van der Waals surface area contributed by atoms with Crippen LogP contribution in [0.15, 0.2) is 59.9 Å². The second kappa shape index (κ2) is 7.01. The zero-order valence-electron chi connectivity index (χ0n) is 18.1. The molecule has 6 heteroatoms. The van der Waals surface area contributed by atoms with Crippen molar-refractivity contribution in [2.45, 2.75) is 32.7 Å². The molecule has 0 fully saturated rings. The number of carbonyl (C=O) groups excluding carboxylic acids is 2. The Morgan fingerprint density at radius 3 is 2.55 bits per heavy atom. The van der Waals surface area contributed by atoms with E-state index in [2.05, 4.69) is 36.0 Å². The molecule has 0 bridgehead atoms. The van der Waals surface area contributed by atoms with Crippen LogP contribution < -0.4 is 10.1 Å². The molecule has 0 spiro atoms. The number of ether oxygens (including phenoxy) is 1. The van der Waals surface area contributed by atoms with E-state index >= 15 is 0 Å². The summed E-state index contributed by atoms with van der Waals surface area (Å²) < 4.78 is 7.59. The molecule has 2 aromatic carbocycles. The van der Waals surface area contributed by atoms with Crippen LogP contribution in [-0.4, -0.2) is 34.9 Å². The Kier molecular flexibility index (Phi) is 4.39. The van der Waals surface area contributed by atoms with E-state index in [1.165, 1.54) is 11.8 Å². The van der Waals surface area contributed by atoms with Gasteiger partial charge in [-0.2, -0.15) is 0 Å². The first-order valence-electron chi connectivity index (χ1n) is 10.5. The maximum atomic E-state index is 13.4. The van der Waals surface area contributed by atoms with Crippen LogP contribution in [0.2, 0.25) is 0 Å². The van der Waals surface area contributed by atoms with Gasteiger partial charge in [0.15, 0.2) is 0 Å². The Hall–Kier alpha value is -3.54. The Bertz CT molecular complexity index is 1250. The first kappa shape index (κ1) is 19.4. The zero-order chi connectivity index (χ0) is 21.9. The van der Waals surface area contributed by atoms with Crippen LogP contribution in [0, 0.1) is 0 Å². The fourth-order valence-electron chi connectivity index (χ4n) is 4.80. The minimum absolute atomic E-state index is 0.228. The van der Waals surface area contributed by atoms with Gasteiger partial charge in [0, 0.05) is 41.9 Å². The summed E-state index contributed by atoms with van der Waals surface area (Å²) in [7, 11) is 1.64. The molecule has 3 aromatic rings. The second-order valence-electron chi connectivity index (χ2n) is 8.42. The molecule has 5 rings (SSSR count). The third-order valence-electron chi connectivity index (χ3n) is 6.28. The number of hydrogen-bond acceptors (Lipinski definition) is 4. The van der Waals surface area contributed by atoms with E-state index in [1.54, 1.807) is 7.11 Å². The van der Waals surface area contributed by atoms with Gasteiger partial charge in [-0.3, -0.25) is 14.5 Å². The summed E-state index contributed by atoms with van der Waals surface area (Å²) in [4.78, 5) is 26.9. The number of imide groups is 1. The number of carbonyl (C=O) groups is 2. The molecule has 1 N–H and O–H groups in total. The maximum Gasteiger partial charge on any atom is 0.259 e. The van der Waals surface area contributed by atoms with Crippen molar-refractivity contribution < 1.29 is 14.3 Å². The van der Waals surface area contributed by atoms with E-state index in [1.807, 2.05) is 36.4 Å². The maximum absolute atomic E-state index is 13.4. The minimum atomic E-state index is -0.281. The van der Waals surface area contributed by atoms with Gasteiger partial charge in [0.05, 0.1) is 24.7 Å². The molecule has 0 saturated heterocycles. The van der Waals surface area contributed by atoms with Crippen molar-refractivity contribution >= 4 is 28.4 Å². The van der Waals surface area contributed by atoms with Crippen LogP contribution >= 0.6 is 0 Å². The molecule has 2 amide bonds. The Labute approximate surface area is 181 Å². The number of hydrogen-bond donors (Lipinski definition) is 1. The fraction of sp³-hybridized carbons (Fsp3) is 0.280. The molecule has 1 aromatic heterocycles. The smallest absolute Gasteiger partial charge is 0.259 e. The first-order chi connectivity index (χ1) is 14.9. The molecule has 0 aliphatic carbocycles. The Balaban J connectivity index is 1.80. The molecule has 1 unspecified atom stereocenters. The largest absolute Gasteiger partial charge is 0.497 e. The van der Waals surface area contributed by atoms with Crippen molar-refractivity contribution in [2.75, 3.05) is 19.0 Å². The quantitative estimate of drug-likeness (QED) is 0.687. The number of methoxy groups -OCH3 is 1. The highest BCUT2D eigenvalue weighted by atomic mass is 16.5. The lowest BCUT2D eigenvalue weighted by Crippen LogP contribution is -2.33. The van der Waals surface area contributed by atoms with E-state index in [0.29, 0.717) is 5.57 Å².